The summed E-state index contributed by atoms with van der Waals surface area (Å²) in [6.45, 7) is 1.43. The Balaban J connectivity index is 1.85. The van der Waals surface area contributed by atoms with Crippen LogP contribution in [-0.4, -0.2) is 43.2 Å². The van der Waals surface area contributed by atoms with Gasteiger partial charge in [-0.15, -0.1) is 0 Å². The van der Waals surface area contributed by atoms with Crippen molar-refractivity contribution in [3.05, 3.63) is 64.6 Å². The Bertz CT molecular complexity index is 878. The van der Waals surface area contributed by atoms with E-state index in [0.717, 1.165) is 35.7 Å². The number of hydrogen-bond acceptors (Lipinski definition) is 3. The maximum absolute atomic E-state index is 13.3. The predicted molar refractivity (Wildman–Crippen MR) is 113 cm³/mol. The Morgan fingerprint density at radius 1 is 0.929 bits per heavy atom. The summed E-state index contributed by atoms with van der Waals surface area (Å²) in [5.74, 6) is -0.126. The van der Waals surface area contributed by atoms with Gasteiger partial charge in [0.1, 0.15) is 0 Å². The second kappa shape index (κ2) is 9.67. The van der Waals surface area contributed by atoms with Gasteiger partial charge in [-0.3, -0.25) is 4.79 Å². The van der Waals surface area contributed by atoms with Crippen LogP contribution in [0.4, 0.5) is 0 Å². The first-order valence-corrected chi connectivity index (χ1v) is 11.8. The van der Waals surface area contributed by atoms with E-state index in [4.69, 9.17) is 0 Å². The van der Waals surface area contributed by atoms with Gasteiger partial charge in [0.15, 0.2) is 0 Å². The normalized spacial score (nSPS) is 15.4. The highest BCUT2D eigenvalue weighted by atomic mass is 79.9. The maximum Gasteiger partial charge on any atom is 0.243 e. The van der Waals surface area contributed by atoms with Crippen LogP contribution in [-0.2, 0) is 21.4 Å². The molecule has 3 rings (SSSR count). The highest BCUT2D eigenvalue weighted by molar-refractivity contribution is 9.10. The largest absolute Gasteiger partial charge is 0.342 e. The smallest absolute Gasteiger partial charge is 0.243 e. The Labute approximate surface area is 175 Å². The number of halogens is 1. The Morgan fingerprint density at radius 3 is 2.14 bits per heavy atom. The quantitative estimate of drug-likeness (QED) is 0.647. The lowest BCUT2D eigenvalue weighted by Crippen LogP contribution is -2.43. The molecule has 0 N–H and O–H groups in total. The molecule has 0 aliphatic carbocycles. The SMILES string of the molecule is O=C(CN(Cc1ccccc1)S(=O)(=O)c1ccc(Br)cc1)N1CCCCCC1. The van der Waals surface area contributed by atoms with Gasteiger partial charge in [-0.1, -0.05) is 59.1 Å². The second-order valence-electron chi connectivity index (χ2n) is 7.01. The first-order valence-electron chi connectivity index (χ1n) is 9.54. The predicted octanol–water partition coefficient (Wildman–Crippen LogP) is 4.04. The van der Waals surface area contributed by atoms with Crippen molar-refractivity contribution in [2.24, 2.45) is 0 Å². The third-order valence-corrected chi connectivity index (χ3v) is 7.26. The van der Waals surface area contributed by atoms with Gasteiger partial charge in [-0.25, -0.2) is 8.42 Å². The molecule has 0 aromatic heterocycles. The van der Waals surface area contributed by atoms with Gasteiger partial charge >= 0.3 is 0 Å². The summed E-state index contributed by atoms with van der Waals surface area (Å²) in [5, 5.41) is 0. The molecule has 7 heteroatoms. The first kappa shape index (κ1) is 21.0. The zero-order valence-corrected chi connectivity index (χ0v) is 18.2. The van der Waals surface area contributed by atoms with Crippen LogP contribution in [0.2, 0.25) is 0 Å². The molecule has 2 aromatic rings. The Hall–Kier alpha value is -1.70. The third-order valence-electron chi connectivity index (χ3n) is 4.92. The summed E-state index contributed by atoms with van der Waals surface area (Å²) >= 11 is 3.33. The number of likely N-dealkylation sites (tertiary alicyclic amines) is 1. The van der Waals surface area contributed by atoms with Crippen LogP contribution < -0.4 is 0 Å². The van der Waals surface area contributed by atoms with Crippen LogP contribution in [0.25, 0.3) is 0 Å². The topological polar surface area (TPSA) is 57.7 Å². The van der Waals surface area contributed by atoms with Crippen LogP contribution in [0.5, 0.6) is 0 Å². The standard InChI is InChI=1S/C21H25BrN2O3S/c22-19-10-12-20(13-11-19)28(26,27)24(16-18-8-4-3-5-9-18)17-21(25)23-14-6-1-2-7-15-23/h3-5,8-13H,1-2,6-7,14-17H2. The Kier molecular flexibility index (Phi) is 7.26. The maximum atomic E-state index is 13.3. The monoisotopic (exact) mass is 464 g/mol. The van der Waals surface area contributed by atoms with E-state index in [9.17, 15) is 13.2 Å². The molecule has 0 unspecified atom stereocenters. The molecule has 0 spiro atoms. The number of nitrogens with zero attached hydrogens (tertiary/aromatic N) is 2. The van der Waals surface area contributed by atoms with E-state index in [1.807, 2.05) is 35.2 Å². The van der Waals surface area contributed by atoms with Crippen LogP contribution in [0.3, 0.4) is 0 Å². The summed E-state index contributed by atoms with van der Waals surface area (Å²) in [6.07, 6.45) is 4.19. The molecule has 0 saturated carbocycles. The van der Waals surface area contributed by atoms with E-state index < -0.39 is 10.0 Å². The molecule has 5 nitrogen and oxygen atoms in total. The van der Waals surface area contributed by atoms with Crippen molar-refractivity contribution >= 4 is 31.9 Å². The highest BCUT2D eigenvalue weighted by Crippen LogP contribution is 2.21. The van der Waals surface area contributed by atoms with Gasteiger partial charge in [-0.2, -0.15) is 4.31 Å². The van der Waals surface area contributed by atoms with Gasteiger partial charge < -0.3 is 4.90 Å². The number of rotatable bonds is 6. The molecule has 0 radical (unpaired) electrons. The van der Waals surface area contributed by atoms with Crippen molar-refractivity contribution in [3.63, 3.8) is 0 Å². The van der Waals surface area contributed by atoms with E-state index in [0.29, 0.717) is 13.1 Å². The van der Waals surface area contributed by atoms with Crippen molar-refractivity contribution in [2.75, 3.05) is 19.6 Å². The van der Waals surface area contributed by atoms with Crippen molar-refractivity contribution in [1.82, 2.24) is 9.21 Å². The number of sulfonamides is 1. The zero-order chi connectivity index (χ0) is 20.0. The second-order valence-corrected chi connectivity index (χ2v) is 9.86. The summed E-state index contributed by atoms with van der Waals surface area (Å²) in [7, 11) is -3.79. The van der Waals surface area contributed by atoms with Crippen LogP contribution >= 0.6 is 15.9 Å². The molecule has 0 atom stereocenters. The van der Waals surface area contributed by atoms with Gasteiger partial charge in [0.25, 0.3) is 0 Å². The molecule has 1 aliphatic heterocycles. The summed E-state index contributed by atoms with van der Waals surface area (Å²) < 4.78 is 28.6. The van der Waals surface area contributed by atoms with Crippen molar-refractivity contribution in [2.45, 2.75) is 37.1 Å². The van der Waals surface area contributed by atoms with Crippen LogP contribution in [0.15, 0.2) is 64.0 Å². The van der Waals surface area contributed by atoms with Gasteiger partial charge in [0.05, 0.1) is 11.4 Å². The van der Waals surface area contributed by atoms with E-state index in [-0.39, 0.29) is 23.9 Å². The van der Waals surface area contributed by atoms with E-state index >= 15 is 0 Å². The molecule has 150 valence electrons. The third kappa shape index (κ3) is 5.43. The molecule has 1 aliphatic rings. The summed E-state index contributed by atoms with van der Waals surface area (Å²) in [6, 6.07) is 15.9. The minimum atomic E-state index is -3.79. The Morgan fingerprint density at radius 2 is 1.54 bits per heavy atom. The lowest BCUT2D eigenvalue weighted by Gasteiger charge is -2.26. The fraction of sp³-hybridized carbons (Fsp3) is 0.381. The average Bonchev–Trinajstić information content (AvgIpc) is 2.98. The fourth-order valence-electron chi connectivity index (χ4n) is 3.34. The minimum Gasteiger partial charge on any atom is -0.342 e. The van der Waals surface area contributed by atoms with Crippen molar-refractivity contribution < 1.29 is 13.2 Å². The number of benzene rings is 2. The van der Waals surface area contributed by atoms with Crippen molar-refractivity contribution in [3.8, 4) is 0 Å². The highest BCUT2D eigenvalue weighted by Gasteiger charge is 2.29. The summed E-state index contributed by atoms with van der Waals surface area (Å²) in [4.78, 5) is 14.9. The number of hydrogen-bond donors (Lipinski definition) is 0. The molecule has 1 fully saturated rings. The zero-order valence-electron chi connectivity index (χ0n) is 15.8. The van der Waals surface area contributed by atoms with E-state index in [1.165, 1.54) is 4.31 Å². The van der Waals surface area contributed by atoms with Gasteiger partial charge in [-0.05, 0) is 42.7 Å². The molecule has 1 heterocycles. The average molecular weight is 465 g/mol. The van der Waals surface area contributed by atoms with Gasteiger partial charge in [0, 0.05) is 24.1 Å². The molecule has 0 bridgehead atoms. The minimum absolute atomic E-state index is 0.126. The van der Waals surface area contributed by atoms with Crippen LogP contribution in [0, 0.1) is 0 Å². The first-order chi connectivity index (χ1) is 13.5. The number of carbonyl (C=O) groups is 1. The molecular formula is C21H25BrN2O3S. The number of amides is 1. The molecular weight excluding hydrogens is 440 g/mol. The van der Waals surface area contributed by atoms with E-state index in [2.05, 4.69) is 15.9 Å². The van der Waals surface area contributed by atoms with Crippen molar-refractivity contribution in [1.29, 1.82) is 0 Å². The lowest BCUT2D eigenvalue weighted by molar-refractivity contribution is -0.131. The molecule has 1 saturated heterocycles. The van der Waals surface area contributed by atoms with E-state index in [1.54, 1.807) is 24.3 Å². The molecule has 2 aromatic carbocycles. The molecule has 28 heavy (non-hydrogen) atoms. The number of carbonyl (C=O) groups excluding carboxylic acids is 1. The lowest BCUT2D eigenvalue weighted by atomic mass is 10.2. The summed E-state index contributed by atoms with van der Waals surface area (Å²) in [5.41, 5.74) is 0.854. The van der Waals surface area contributed by atoms with Gasteiger partial charge in [0.2, 0.25) is 15.9 Å². The van der Waals surface area contributed by atoms with Crippen LogP contribution in [0.1, 0.15) is 31.2 Å². The molecule has 1 amide bonds. The fourth-order valence-corrected chi connectivity index (χ4v) is 4.98.